The van der Waals surface area contributed by atoms with E-state index in [1.807, 2.05) is 0 Å². The van der Waals surface area contributed by atoms with Crippen molar-refractivity contribution < 1.29 is 16.8 Å². The van der Waals surface area contributed by atoms with Gasteiger partial charge in [-0.05, 0) is 49.5 Å². The van der Waals surface area contributed by atoms with Crippen LogP contribution in [0.4, 0.5) is 0 Å². The lowest BCUT2D eigenvalue weighted by atomic mass is 9.81. The molecule has 0 radical (unpaired) electrons. The molecule has 1 heterocycles. The third kappa shape index (κ3) is 5.38. The van der Waals surface area contributed by atoms with Crippen LogP contribution < -0.4 is 10.0 Å². The quantitative estimate of drug-likeness (QED) is 0.728. The van der Waals surface area contributed by atoms with Crippen LogP contribution in [0.15, 0.2) is 34.1 Å². The maximum atomic E-state index is 12.5. The zero-order valence-electron chi connectivity index (χ0n) is 14.6. The van der Waals surface area contributed by atoms with E-state index in [4.69, 9.17) is 0 Å². The fourth-order valence-corrected chi connectivity index (χ4v) is 4.84. The molecule has 7 nitrogen and oxygen atoms in total. The Bertz CT molecular complexity index is 789. The number of benzene rings is 1. The van der Waals surface area contributed by atoms with Crippen LogP contribution in [0.5, 0.6) is 0 Å². The highest BCUT2D eigenvalue weighted by atomic mass is 35.5. The summed E-state index contributed by atoms with van der Waals surface area (Å²) in [6, 6.07) is 5.43. The van der Waals surface area contributed by atoms with Crippen LogP contribution in [0, 0.1) is 5.41 Å². The first-order valence-electron chi connectivity index (χ1n) is 7.80. The summed E-state index contributed by atoms with van der Waals surface area (Å²) in [4.78, 5) is -0.0774. The van der Waals surface area contributed by atoms with Crippen LogP contribution in [-0.4, -0.2) is 54.9 Å². The lowest BCUT2D eigenvalue weighted by Crippen LogP contribution is -2.42. The van der Waals surface area contributed by atoms with Crippen LogP contribution in [-0.2, 0) is 20.0 Å². The van der Waals surface area contributed by atoms with Crippen LogP contribution in [0.3, 0.4) is 0 Å². The van der Waals surface area contributed by atoms with Gasteiger partial charge in [0.25, 0.3) is 0 Å². The number of nitrogens with zero attached hydrogens (tertiary/aromatic N) is 1. The highest BCUT2D eigenvalue weighted by molar-refractivity contribution is 7.90. The summed E-state index contributed by atoms with van der Waals surface area (Å²) in [6.07, 6.45) is 1.79. The number of nitrogens with one attached hydrogen (secondary N) is 2. The summed E-state index contributed by atoms with van der Waals surface area (Å²) in [5.74, 6) is 0. The van der Waals surface area contributed by atoms with Crippen LogP contribution >= 0.6 is 12.4 Å². The fourth-order valence-electron chi connectivity index (χ4n) is 2.57. The van der Waals surface area contributed by atoms with E-state index in [2.05, 4.69) is 17.0 Å². The van der Waals surface area contributed by atoms with E-state index in [1.54, 1.807) is 0 Å². The predicted octanol–water partition coefficient (Wildman–Crippen LogP) is 1.03. The first-order chi connectivity index (χ1) is 11.1. The van der Waals surface area contributed by atoms with Crippen LogP contribution in [0.1, 0.15) is 19.8 Å². The molecule has 0 unspecified atom stereocenters. The monoisotopic (exact) mass is 411 g/mol. The van der Waals surface area contributed by atoms with Crippen molar-refractivity contribution in [1.29, 1.82) is 0 Å². The minimum Gasteiger partial charge on any atom is -0.317 e. The van der Waals surface area contributed by atoms with Gasteiger partial charge in [0.1, 0.15) is 0 Å². The van der Waals surface area contributed by atoms with Gasteiger partial charge in [0.15, 0.2) is 0 Å². The maximum Gasteiger partial charge on any atom is 0.242 e. The summed E-state index contributed by atoms with van der Waals surface area (Å²) in [7, 11) is -4.62. The number of hydrogen-bond acceptors (Lipinski definition) is 5. The Balaban J connectivity index is 0.00000312. The Hall–Kier alpha value is -0.710. The number of piperidine rings is 1. The fraction of sp³-hybridized carbons (Fsp3) is 0.600. The normalized spacial score (nSPS) is 17.9. The molecule has 1 aliphatic rings. The second-order valence-corrected chi connectivity index (χ2v) is 10.6. The zero-order chi connectivity index (χ0) is 18.0. The summed E-state index contributed by atoms with van der Waals surface area (Å²) < 4.78 is 53.1. The molecule has 0 bridgehead atoms. The molecule has 0 aromatic heterocycles. The van der Waals surface area contributed by atoms with E-state index >= 15 is 0 Å². The molecule has 1 aliphatic heterocycles. The number of sulfonamides is 2. The third-order valence-electron chi connectivity index (χ3n) is 4.39. The first-order valence-corrected chi connectivity index (χ1v) is 10.7. The van der Waals surface area contributed by atoms with Crippen molar-refractivity contribution >= 4 is 32.5 Å². The van der Waals surface area contributed by atoms with E-state index < -0.39 is 20.0 Å². The topological polar surface area (TPSA) is 95.6 Å². The number of hydrogen-bond donors (Lipinski definition) is 2. The van der Waals surface area contributed by atoms with E-state index in [1.165, 1.54) is 38.4 Å². The first kappa shape index (κ1) is 22.3. The summed E-state index contributed by atoms with van der Waals surface area (Å²) in [5.41, 5.74) is -0.0916. The van der Waals surface area contributed by atoms with Crippen molar-refractivity contribution in [2.75, 3.05) is 33.7 Å². The van der Waals surface area contributed by atoms with Crippen molar-refractivity contribution in [3.63, 3.8) is 0 Å². The largest absolute Gasteiger partial charge is 0.317 e. The molecular formula is C15H26ClN3O4S2. The van der Waals surface area contributed by atoms with Gasteiger partial charge in [-0.1, -0.05) is 13.0 Å². The van der Waals surface area contributed by atoms with E-state index in [-0.39, 0.29) is 27.6 Å². The minimum absolute atomic E-state index is 0. The molecule has 1 aromatic rings. The lowest BCUT2D eigenvalue weighted by molar-refractivity contribution is 0.232. The van der Waals surface area contributed by atoms with Crippen molar-refractivity contribution in [3.05, 3.63) is 24.3 Å². The average molecular weight is 412 g/mol. The molecule has 0 saturated carbocycles. The van der Waals surface area contributed by atoms with Gasteiger partial charge in [0, 0.05) is 20.6 Å². The van der Waals surface area contributed by atoms with Crippen LogP contribution in [0.2, 0.25) is 0 Å². The van der Waals surface area contributed by atoms with E-state index in [0.717, 1.165) is 30.2 Å². The molecule has 0 amide bonds. The Kier molecular flexibility index (Phi) is 7.43. The lowest BCUT2D eigenvalue weighted by Gasteiger charge is -2.34. The molecule has 144 valence electrons. The second-order valence-electron chi connectivity index (χ2n) is 6.65. The van der Waals surface area contributed by atoms with Gasteiger partial charge in [0.2, 0.25) is 20.0 Å². The number of halogens is 1. The molecule has 25 heavy (non-hydrogen) atoms. The average Bonchev–Trinajstić information content (AvgIpc) is 2.54. The second kappa shape index (κ2) is 8.32. The maximum absolute atomic E-state index is 12.5. The smallest absolute Gasteiger partial charge is 0.242 e. The third-order valence-corrected chi connectivity index (χ3v) is 7.60. The molecule has 0 aliphatic carbocycles. The Morgan fingerprint density at radius 2 is 1.68 bits per heavy atom. The van der Waals surface area contributed by atoms with Crippen molar-refractivity contribution in [3.8, 4) is 0 Å². The van der Waals surface area contributed by atoms with Gasteiger partial charge in [-0.25, -0.2) is 25.9 Å². The molecule has 1 saturated heterocycles. The molecule has 2 N–H and O–H groups in total. The number of rotatable bonds is 6. The standard InChI is InChI=1S/C15H25N3O4S2.ClH/c1-15(7-9-16-10-8-15)12-17-23(19,20)13-5-4-6-14(11-13)24(21,22)18(2)3;/h4-6,11,16-17H,7-10,12H2,1-3H3;1H. The molecular weight excluding hydrogens is 386 g/mol. The Morgan fingerprint density at radius 1 is 1.12 bits per heavy atom. The van der Waals surface area contributed by atoms with Gasteiger partial charge in [-0.2, -0.15) is 0 Å². The minimum atomic E-state index is -3.76. The zero-order valence-corrected chi connectivity index (χ0v) is 17.1. The van der Waals surface area contributed by atoms with Gasteiger partial charge >= 0.3 is 0 Å². The highest BCUT2D eigenvalue weighted by Crippen LogP contribution is 2.27. The van der Waals surface area contributed by atoms with E-state index in [0.29, 0.717) is 6.54 Å². The molecule has 0 atom stereocenters. The molecule has 1 fully saturated rings. The van der Waals surface area contributed by atoms with Gasteiger partial charge in [0.05, 0.1) is 9.79 Å². The molecule has 1 aromatic carbocycles. The summed E-state index contributed by atoms with van der Waals surface area (Å²) in [6.45, 7) is 4.13. The highest BCUT2D eigenvalue weighted by Gasteiger charge is 2.29. The molecule has 0 spiro atoms. The van der Waals surface area contributed by atoms with Crippen molar-refractivity contribution in [1.82, 2.24) is 14.3 Å². The Morgan fingerprint density at radius 3 is 2.24 bits per heavy atom. The molecule has 10 heteroatoms. The predicted molar refractivity (Wildman–Crippen MR) is 100.0 cm³/mol. The van der Waals surface area contributed by atoms with Crippen LogP contribution in [0.25, 0.3) is 0 Å². The van der Waals surface area contributed by atoms with E-state index in [9.17, 15) is 16.8 Å². The molecule has 2 rings (SSSR count). The van der Waals surface area contributed by atoms with Gasteiger partial charge in [-0.15, -0.1) is 12.4 Å². The summed E-state index contributed by atoms with van der Waals surface area (Å²) >= 11 is 0. The van der Waals surface area contributed by atoms with Crippen molar-refractivity contribution in [2.24, 2.45) is 5.41 Å². The van der Waals surface area contributed by atoms with Crippen molar-refractivity contribution in [2.45, 2.75) is 29.6 Å². The summed E-state index contributed by atoms with van der Waals surface area (Å²) in [5, 5.41) is 3.25. The Labute approximate surface area is 156 Å². The van der Waals surface area contributed by atoms with Gasteiger partial charge < -0.3 is 5.32 Å². The van der Waals surface area contributed by atoms with Gasteiger partial charge in [-0.3, -0.25) is 0 Å². The SMILES string of the molecule is CN(C)S(=O)(=O)c1cccc(S(=O)(=O)NCC2(C)CCNCC2)c1.Cl.